The number of aromatic carboxylic acids is 1. The maximum atomic E-state index is 11.1. The first kappa shape index (κ1) is 11.9. The first-order valence-electron chi connectivity index (χ1n) is 5.32. The third-order valence-corrected chi connectivity index (χ3v) is 2.64. The van der Waals surface area contributed by atoms with Crippen molar-refractivity contribution < 1.29 is 14.7 Å². The molecule has 4 nitrogen and oxygen atoms in total. The van der Waals surface area contributed by atoms with Gasteiger partial charge in [-0.3, -0.25) is 4.79 Å². The van der Waals surface area contributed by atoms with Gasteiger partial charge in [0.25, 0.3) is 0 Å². The highest BCUT2D eigenvalue weighted by Crippen LogP contribution is 2.23. The number of carboxylic acid groups (broad SMARTS) is 1. The molecule has 18 heavy (non-hydrogen) atoms. The summed E-state index contributed by atoms with van der Waals surface area (Å²) in [6.07, 6.45) is 0. The first-order valence-corrected chi connectivity index (χ1v) is 5.32. The Morgan fingerprint density at radius 2 is 1.56 bits per heavy atom. The lowest BCUT2D eigenvalue weighted by molar-refractivity contribution is 0.0697. The van der Waals surface area contributed by atoms with Crippen LogP contribution in [0.5, 0.6) is 0 Å². The number of carbonyl (C=O) groups is 2. The molecule has 3 N–H and O–H groups in total. The lowest BCUT2D eigenvalue weighted by atomic mass is 9.99. The average molecular weight is 241 g/mol. The van der Waals surface area contributed by atoms with E-state index in [2.05, 4.69) is 0 Å². The highest BCUT2D eigenvalue weighted by atomic mass is 16.4. The van der Waals surface area contributed by atoms with Crippen LogP contribution in [0.25, 0.3) is 11.1 Å². The summed E-state index contributed by atoms with van der Waals surface area (Å²) in [7, 11) is 0. The summed E-state index contributed by atoms with van der Waals surface area (Å²) >= 11 is 0. The van der Waals surface area contributed by atoms with Gasteiger partial charge in [-0.1, -0.05) is 30.3 Å². The quantitative estimate of drug-likeness (QED) is 0.863. The number of hydrogen-bond donors (Lipinski definition) is 2. The highest BCUT2D eigenvalue weighted by Gasteiger charge is 2.10. The Morgan fingerprint density at radius 1 is 0.944 bits per heavy atom. The van der Waals surface area contributed by atoms with Gasteiger partial charge in [0.15, 0.2) is 0 Å². The van der Waals surface area contributed by atoms with Gasteiger partial charge in [0.1, 0.15) is 0 Å². The van der Waals surface area contributed by atoms with Gasteiger partial charge in [-0.15, -0.1) is 0 Å². The fourth-order valence-electron chi connectivity index (χ4n) is 1.74. The van der Waals surface area contributed by atoms with E-state index in [-0.39, 0.29) is 5.56 Å². The largest absolute Gasteiger partial charge is 0.478 e. The smallest absolute Gasteiger partial charge is 0.336 e. The number of benzene rings is 2. The molecule has 0 aromatic heterocycles. The van der Waals surface area contributed by atoms with E-state index >= 15 is 0 Å². The summed E-state index contributed by atoms with van der Waals surface area (Å²) in [5.74, 6) is -1.49. The highest BCUT2D eigenvalue weighted by molar-refractivity contribution is 5.97. The zero-order chi connectivity index (χ0) is 13.1. The van der Waals surface area contributed by atoms with E-state index < -0.39 is 11.9 Å². The number of carboxylic acids is 1. The zero-order valence-corrected chi connectivity index (χ0v) is 9.46. The van der Waals surface area contributed by atoms with Crippen molar-refractivity contribution in [3.05, 3.63) is 59.7 Å². The monoisotopic (exact) mass is 241 g/mol. The van der Waals surface area contributed by atoms with Crippen LogP contribution in [0.3, 0.4) is 0 Å². The van der Waals surface area contributed by atoms with E-state index in [1.807, 2.05) is 0 Å². The van der Waals surface area contributed by atoms with E-state index in [1.54, 1.807) is 48.5 Å². The number of carbonyl (C=O) groups excluding carboxylic acids is 1. The van der Waals surface area contributed by atoms with Crippen molar-refractivity contribution in [1.82, 2.24) is 0 Å². The SMILES string of the molecule is NC(=O)c1ccc(-c2ccccc2C(=O)O)cc1. The second kappa shape index (κ2) is 4.71. The molecular weight excluding hydrogens is 230 g/mol. The third-order valence-electron chi connectivity index (χ3n) is 2.64. The second-order valence-electron chi connectivity index (χ2n) is 3.79. The van der Waals surface area contributed by atoms with Crippen molar-refractivity contribution >= 4 is 11.9 Å². The van der Waals surface area contributed by atoms with Crippen molar-refractivity contribution in [2.24, 2.45) is 5.73 Å². The molecule has 0 fully saturated rings. The Labute approximate surface area is 104 Å². The van der Waals surface area contributed by atoms with Gasteiger partial charge in [-0.05, 0) is 29.3 Å². The Balaban J connectivity index is 2.49. The van der Waals surface area contributed by atoms with Crippen LogP contribution in [0.4, 0.5) is 0 Å². The molecule has 0 aliphatic heterocycles. The molecular formula is C14H11NO3. The number of rotatable bonds is 3. The minimum absolute atomic E-state index is 0.226. The molecule has 0 atom stereocenters. The molecule has 0 spiro atoms. The molecule has 0 saturated heterocycles. The number of primary amides is 1. The third kappa shape index (κ3) is 2.22. The summed E-state index contributed by atoms with van der Waals surface area (Å²) in [5, 5.41) is 9.10. The standard InChI is InChI=1S/C14H11NO3/c15-13(16)10-7-5-9(6-8-10)11-3-1-2-4-12(11)14(17)18/h1-8H,(H2,15,16)(H,17,18). The molecule has 0 saturated carbocycles. The zero-order valence-electron chi connectivity index (χ0n) is 9.46. The van der Waals surface area contributed by atoms with E-state index in [4.69, 9.17) is 10.8 Å². The van der Waals surface area contributed by atoms with Crippen LogP contribution in [-0.4, -0.2) is 17.0 Å². The molecule has 0 heterocycles. The minimum Gasteiger partial charge on any atom is -0.478 e. The lowest BCUT2D eigenvalue weighted by Gasteiger charge is -2.06. The van der Waals surface area contributed by atoms with Crippen LogP contribution in [0.2, 0.25) is 0 Å². The fraction of sp³-hybridized carbons (Fsp3) is 0. The number of hydrogen-bond acceptors (Lipinski definition) is 2. The van der Waals surface area contributed by atoms with Gasteiger partial charge in [0.2, 0.25) is 5.91 Å². The van der Waals surface area contributed by atoms with Crippen molar-refractivity contribution in [3.8, 4) is 11.1 Å². The van der Waals surface area contributed by atoms with E-state index in [0.717, 1.165) is 5.56 Å². The van der Waals surface area contributed by atoms with Crippen LogP contribution >= 0.6 is 0 Å². The fourth-order valence-corrected chi connectivity index (χ4v) is 1.74. The summed E-state index contributed by atoms with van der Waals surface area (Å²) in [6.45, 7) is 0. The molecule has 4 heteroatoms. The second-order valence-corrected chi connectivity index (χ2v) is 3.79. The van der Waals surface area contributed by atoms with Gasteiger partial charge in [-0.25, -0.2) is 4.79 Å². The number of nitrogens with two attached hydrogens (primary N) is 1. The Kier molecular flexibility index (Phi) is 3.10. The van der Waals surface area contributed by atoms with Crippen LogP contribution in [0, 0.1) is 0 Å². The Bertz CT molecular complexity index is 603. The lowest BCUT2D eigenvalue weighted by Crippen LogP contribution is -2.10. The van der Waals surface area contributed by atoms with Gasteiger partial charge < -0.3 is 10.8 Å². The predicted molar refractivity (Wildman–Crippen MR) is 67.4 cm³/mol. The van der Waals surface area contributed by atoms with Crippen LogP contribution in [0.1, 0.15) is 20.7 Å². The molecule has 0 bridgehead atoms. The molecule has 2 aromatic carbocycles. The van der Waals surface area contributed by atoms with E-state index in [0.29, 0.717) is 11.1 Å². The van der Waals surface area contributed by atoms with Gasteiger partial charge >= 0.3 is 5.97 Å². The van der Waals surface area contributed by atoms with Crippen molar-refractivity contribution in [2.45, 2.75) is 0 Å². The molecule has 2 rings (SSSR count). The molecule has 0 aliphatic rings. The minimum atomic E-state index is -0.982. The maximum Gasteiger partial charge on any atom is 0.336 e. The molecule has 1 amide bonds. The predicted octanol–water partition coefficient (Wildman–Crippen LogP) is 2.15. The maximum absolute atomic E-state index is 11.1. The summed E-state index contributed by atoms with van der Waals surface area (Å²) in [4.78, 5) is 22.0. The molecule has 90 valence electrons. The van der Waals surface area contributed by atoms with Crippen molar-refractivity contribution in [1.29, 1.82) is 0 Å². The van der Waals surface area contributed by atoms with Gasteiger partial charge in [0, 0.05) is 5.56 Å². The molecule has 0 aliphatic carbocycles. The van der Waals surface area contributed by atoms with E-state index in [1.165, 1.54) is 0 Å². The summed E-state index contributed by atoms with van der Waals surface area (Å²) in [6, 6.07) is 13.2. The van der Waals surface area contributed by atoms with E-state index in [9.17, 15) is 9.59 Å². The van der Waals surface area contributed by atoms with Crippen LogP contribution < -0.4 is 5.73 Å². The summed E-state index contributed by atoms with van der Waals surface area (Å²) in [5.41, 5.74) is 7.12. The van der Waals surface area contributed by atoms with Crippen molar-refractivity contribution in [3.63, 3.8) is 0 Å². The normalized spacial score (nSPS) is 10.0. The number of amides is 1. The summed E-state index contributed by atoms with van der Waals surface area (Å²) < 4.78 is 0. The molecule has 0 unspecified atom stereocenters. The van der Waals surface area contributed by atoms with Crippen molar-refractivity contribution in [2.75, 3.05) is 0 Å². The Hall–Kier alpha value is -2.62. The van der Waals surface area contributed by atoms with Gasteiger partial charge in [0.05, 0.1) is 5.56 Å². The average Bonchev–Trinajstić information content (AvgIpc) is 2.39. The first-order chi connectivity index (χ1) is 8.59. The Morgan fingerprint density at radius 3 is 2.11 bits per heavy atom. The molecule has 0 radical (unpaired) electrons. The molecule has 2 aromatic rings. The van der Waals surface area contributed by atoms with Crippen LogP contribution in [0.15, 0.2) is 48.5 Å². The van der Waals surface area contributed by atoms with Gasteiger partial charge in [-0.2, -0.15) is 0 Å². The topological polar surface area (TPSA) is 80.4 Å². The van der Waals surface area contributed by atoms with Crippen LogP contribution in [-0.2, 0) is 0 Å².